The largest absolute Gasteiger partial charge is 0.497 e. The maximum absolute atomic E-state index is 9.55. The van der Waals surface area contributed by atoms with Gasteiger partial charge in [0.25, 0.3) is 0 Å². The molecule has 1 heterocycles. The third kappa shape index (κ3) is 6.19. The predicted octanol–water partition coefficient (Wildman–Crippen LogP) is 6.07. The molecule has 1 aliphatic heterocycles. The summed E-state index contributed by atoms with van der Waals surface area (Å²) in [6, 6.07) is 19.1. The van der Waals surface area contributed by atoms with Crippen molar-refractivity contribution < 1.29 is 9.84 Å². The molecule has 1 N–H and O–H groups in total. The zero-order valence-corrected chi connectivity index (χ0v) is 19.5. The molecule has 4 rings (SSSR count). The van der Waals surface area contributed by atoms with Gasteiger partial charge in [-0.1, -0.05) is 64.5 Å². The number of aliphatic hydroxyl groups excluding tert-OH is 1. The molecule has 0 saturated carbocycles. The van der Waals surface area contributed by atoms with Crippen molar-refractivity contribution in [2.24, 2.45) is 0 Å². The lowest BCUT2D eigenvalue weighted by molar-refractivity contribution is 0.189. The lowest BCUT2D eigenvalue weighted by atomic mass is 9.84. The molecule has 2 aromatic carbocycles. The Morgan fingerprint density at radius 1 is 0.935 bits per heavy atom. The Labute approximate surface area is 193 Å². The minimum atomic E-state index is 0.192. The predicted molar refractivity (Wildman–Crippen MR) is 132 cm³/mol. The van der Waals surface area contributed by atoms with Crippen LogP contribution >= 0.6 is 15.9 Å². The van der Waals surface area contributed by atoms with Gasteiger partial charge in [0, 0.05) is 37.1 Å². The Balaban J connectivity index is 1.69. The summed E-state index contributed by atoms with van der Waals surface area (Å²) in [4.78, 5) is 2.38. The van der Waals surface area contributed by atoms with Crippen LogP contribution in [0.3, 0.4) is 0 Å². The summed E-state index contributed by atoms with van der Waals surface area (Å²) in [5.41, 5.74) is 6.34. The van der Waals surface area contributed by atoms with Crippen molar-refractivity contribution in [3.05, 3.63) is 93.7 Å². The van der Waals surface area contributed by atoms with Gasteiger partial charge in [-0.15, -0.1) is 0 Å². The summed E-state index contributed by atoms with van der Waals surface area (Å²) in [6.07, 6.45) is 7.85. The van der Waals surface area contributed by atoms with Gasteiger partial charge in [-0.25, -0.2) is 0 Å². The molecule has 0 amide bonds. The molecule has 0 atom stereocenters. The van der Waals surface area contributed by atoms with Gasteiger partial charge >= 0.3 is 0 Å². The molecule has 1 saturated heterocycles. The van der Waals surface area contributed by atoms with Gasteiger partial charge in [0.05, 0.1) is 5.76 Å². The molecule has 3 nitrogen and oxygen atoms in total. The highest BCUT2D eigenvalue weighted by Gasteiger charge is 2.20. The van der Waals surface area contributed by atoms with E-state index in [0.29, 0.717) is 0 Å². The highest BCUT2D eigenvalue weighted by atomic mass is 79.9. The molecule has 1 fully saturated rings. The van der Waals surface area contributed by atoms with Gasteiger partial charge < -0.3 is 9.84 Å². The minimum Gasteiger partial charge on any atom is -0.497 e. The zero-order valence-electron chi connectivity index (χ0n) is 17.9. The fourth-order valence-corrected chi connectivity index (χ4v) is 4.29. The molecule has 0 bridgehead atoms. The number of hydrogen-bond donors (Lipinski definition) is 1. The van der Waals surface area contributed by atoms with Crippen LogP contribution in [0.1, 0.15) is 36.8 Å². The zero-order chi connectivity index (χ0) is 21.5. The molecule has 0 spiro atoms. The van der Waals surface area contributed by atoms with Crippen LogP contribution in [0.2, 0.25) is 0 Å². The van der Waals surface area contributed by atoms with Crippen molar-refractivity contribution in [1.82, 2.24) is 4.90 Å². The number of hydrogen-bond acceptors (Lipinski definition) is 3. The summed E-state index contributed by atoms with van der Waals surface area (Å²) in [5, 5.41) is 9.55. The molecule has 2 aromatic rings. The minimum absolute atomic E-state index is 0.192. The van der Waals surface area contributed by atoms with E-state index in [0.717, 1.165) is 49.1 Å². The highest BCUT2D eigenvalue weighted by molar-refractivity contribution is 9.10. The number of allylic oxidation sites excluding steroid dienone is 6. The Hall–Kier alpha value is -2.14. The SMILES string of the molecule is OCCC/C(=C(/C1=CC=C(OCCN2CC2)CC1)c1ccc(Br)cc1)c1ccccc1. The molecule has 2 aliphatic rings. The maximum atomic E-state index is 9.55. The van der Waals surface area contributed by atoms with Crippen molar-refractivity contribution in [1.29, 1.82) is 0 Å². The van der Waals surface area contributed by atoms with E-state index >= 15 is 0 Å². The van der Waals surface area contributed by atoms with Gasteiger partial charge in [0.15, 0.2) is 0 Å². The normalized spacial score (nSPS) is 17.0. The standard InChI is InChI=1S/C27H30BrNO2/c28-24-12-8-22(9-13-24)27(26(7-4-19-30)21-5-2-1-3-6-21)23-10-14-25(15-11-23)31-20-18-29-16-17-29/h1-3,5-6,8-10,12-14,30H,4,7,11,15-20H2/b27-26-. The van der Waals surface area contributed by atoms with Crippen LogP contribution in [-0.2, 0) is 4.74 Å². The number of halogens is 1. The van der Waals surface area contributed by atoms with Gasteiger partial charge in [0.1, 0.15) is 6.61 Å². The molecule has 0 aromatic heterocycles. The van der Waals surface area contributed by atoms with E-state index in [-0.39, 0.29) is 6.61 Å². The number of ether oxygens (including phenoxy) is 1. The van der Waals surface area contributed by atoms with Crippen LogP contribution in [0.5, 0.6) is 0 Å². The molecule has 0 radical (unpaired) electrons. The van der Waals surface area contributed by atoms with E-state index in [1.807, 2.05) is 0 Å². The number of benzene rings is 2. The summed E-state index contributed by atoms with van der Waals surface area (Å²) in [6.45, 7) is 4.42. The molecule has 1 aliphatic carbocycles. The van der Waals surface area contributed by atoms with Crippen molar-refractivity contribution in [2.45, 2.75) is 25.7 Å². The first-order valence-electron chi connectivity index (χ1n) is 11.2. The van der Waals surface area contributed by atoms with Crippen LogP contribution in [-0.4, -0.2) is 42.9 Å². The van der Waals surface area contributed by atoms with E-state index in [9.17, 15) is 5.11 Å². The lowest BCUT2D eigenvalue weighted by Gasteiger charge is -2.22. The second-order valence-electron chi connectivity index (χ2n) is 8.07. The number of aliphatic hydroxyl groups is 1. The highest BCUT2D eigenvalue weighted by Crippen LogP contribution is 2.39. The van der Waals surface area contributed by atoms with Crippen LogP contribution in [0.4, 0.5) is 0 Å². The second kappa shape index (κ2) is 10.9. The van der Waals surface area contributed by atoms with E-state index in [4.69, 9.17) is 4.74 Å². The summed E-state index contributed by atoms with van der Waals surface area (Å²) in [7, 11) is 0. The van der Waals surface area contributed by atoms with Crippen molar-refractivity contribution >= 4 is 27.1 Å². The Kier molecular flexibility index (Phi) is 7.79. The van der Waals surface area contributed by atoms with Gasteiger partial charge in [-0.2, -0.15) is 0 Å². The summed E-state index contributed by atoms with van der Waals surface area (Å²) >= 11 is 3.57. The lowest BCUT2D eigenvalue weighted by Crippen LogP contribution is -2.09. The molecule has 0 unspecified atom stereocenters. The monoisotopic (exact) mass is 479 g/mol. The van der Waals surface area contributed by atoms with Crippen LogP contribution in [0.15, 0.2) is 82.6 Å². The van der Waals surface area contributed by atoms with Gasteiger partial charge in [0.2, 0.25) is 0 Å². The molecule has 31 heavy (non-hydrogen) atoms. The first-order chi connectivity index (χ1) is 15.2. The Morgan fingerprint density at radius 2 is 1.71 bits per heavy atom. The fraction of sp³-hybridized carbons (Fsp3) is 0.333. The third-order valence-corrected chi connectivity index (χ3v) is 6.34. The van der Waals surface area contributed by atoms with Crippen molar-refractivity contribution in [3.8, 4) is 0 Å². The molecular weight excluding hydrogens is 450 g/mol. The van der Waals surface area contributed by atoms with Crippen molar-refractivity contribution in [3.63, 3.8) is 0 Å². The smallest absolute Gasteiger partial charge is 0.100 e. The van der Waals surface area contributed by atoms with E-state index < -0.39 is 0 Å². The van der Waals surface area contributed by atoms with E-state index in [2.05, 4.69) is 87.6 Å². The summed E-state index contributed by atoms with van der Waals surface area (Å²) < 4.78 is 7.09. The first-order valence-corrected chi connectivity index (χ1v) is 11.9. The average molecular weight is 480 g/mol. The molecule has 162 valence electrons. The molecular formula is C27H30BrNO2. The number of rotatable bonds is 10. The van der Waals surface area contributed by atoms with Gasteiger partial charge in [-0.05, 0) is 65.3 Å². The molecule has 4 heteroatoms. The number of nitrogens with zero attached hydrogens (tertiary/aromatic N) is 1. The first kappa shape index (κ1) is 22.1. The van der Waals surface area contributed by atoms with Crippen LogP contribution in [0, 0.1) is 0 Å². The van der Waals surface area contributed by atoms with Crippen LogP contribution in [0.25, 0.3) is 11.1 Å². The average Bonchev–Trinajstić information content (AvgIpc) is 3.63. The Morgan fingerprint density at radius 3 is 2.35 bits per heavy atom. The van der Waals surface area contributed by atoms with Gasteiger partial charge in [-0.3, -0.25) is 4.90 Å². The van der Waals surface area contributed by atoms with E-state index in [1.54, 1.807) is 0 Å². The fourth-order valence-electron chi connectivity index (χ4n) is 4.03. The second-order valence-corrected chi connectivity index (χ2v) is 8.98. The quantitative estimate of drug-likeness (QED) is 0.331. The van der Waals surface area contributed by atoms with Crippen molar-refractivity contribution in [2.75, 3.05) is 32.8 Å². The van der Waals surface area contributed by atoms with E-state index in [1.165, 1.54) is 40.9 Å². The topological polar surface area (TPSA) is 32.5 Å². The maximum Gasteiger partial charge on any atom is 0.100 e. The Bertz CT molecular complexity index is 956. The van der Waals surface area contributed by atoms with Crippen LogP contribution < -0.4 is 0 Å². The summed E-state index contributed by atoms with van der Waals surface area (Å²) in [5.74, 6) is 1.08. The third-order valence-electron chi connectivity index (χ3n) is 5.81.